The summed E-state index contributed by atoms with van der Waals surface area (Å²) in [6.07, 6.45) is 2.00. The van der Waals surface area contributed by atoms with E-state index >= 15 is 0 Å². The molecule has 6 nitrogen and oxygen atoms in total. The van der Waals surface area contributed by atoms with Crippen LogP contribution in [0.5, 0.6) is 0 Å². The number of H-pyrrole nitrogens is 2. The van der Waals surface area contributed by atoms with Gasteiger partial charge in [0.15, 0.2) is 0 Å². The van der Waals surface area contributed by atoms with Crippen molar-refractivity contribution in [3.63, 3.8) is 0 Å². The first-order valence-electron chi connectivity index (χ1n) is 10.4. The van der Waals surface area contributed by atoms with Gasteiger partial charge in [-0.05, 0) is 77.1 Å². The van der Waals surface area contributed by atoms with E-state index in [9.17, 15) is 9.59 Å². The van der Waals surface area contributed by atoms with E-state index in [1.807, 2.05) is 27.7 Å². The molecule has 0 aromatic carbocycles. The molecule has 0 saturated heterocycles. The van der Waals surface area contributed by atoms with Crippen LogP contribution in [0.1, 0.15) is 95.2 Å². The van der Waals surface area contributed by atoms with E-state index < -0.39 is 5.41 Å². The molecule has 2 rings (SSSR count). The van der Waals surface area contributed by atoms with Crippen LogP contribution in [0.2, 0.25) is 0 Å². The Morgan fingerprint density at radius 3 is 1.93 bits per heavy atom. The molecule has 3 N–H and O–H groups in total. The molecule has 0 aliphatic heterocycles. The van der Waals surface area contributed by atoms with E-state index in [1.54, 1.807) is 6.92 Å². The van der Waals surface area contributed by atoms with Crippen LogP contribution in [-0.2, 0) is 10.2 Å². The highest BCUT2D eigenvalue weighted by Gasteiger charge is 2.34. The summed E-state index contributed by atoms with van der Waals surface area (Å²) in [7, 11) is 0. The Morgan fingerprint density at radius 2 is 1.41 bits per heavy atom. The van der Waals surface area contributed by atoms with Crippen molar-refractivity contribution in [2.45, 2.75) is 73.6 Å². The lowest BCUT2D eigenvalue weighted by Gasteiger charge is -2.25. The van der Waals surface area contributed by atoms with Crippen LogP contribution in [0.3, 0.4) is 0 Å². The summed E-state index contributed by atoms with van der Waals surface area (Å²) in [5.41, 5.74) is 6.49. The molecule has 0 aliphatic rings. The molecule has 0 atom stereocenters. The molecule has 0 bridgehead atoms. The maximum Gasteiger partial charge on any atom is 0.355 e. The normalized spacial score (nSPS) is 11.6. The maximum absolute atomic E-state index is 12.6. The van der Waals surface area contributed by atoms with Gasteiger partial charge in [0.1, 0.15) is 11.4 Å². The number of hydrogen-bond donors (Lipinski definition) is 3. The van der Waals surface area contributed by atoms with Crippen molar-refractivity contribution in [2.24, 2.45) is 0 Å². The van der Waals surface area contributed by atoms with Gasteiger partial charge in [0, 0.05) is 23.3 Å². The van der Waals surface area contributed by atoms with E-state index in [0.717, 1.165) is 46.5 Å². The molecule has 2 heterocycles. The van der Waals surface area contributed by atoms with E-state index in [2.05, 4.69) is 36.1 Å². The summed E-state index contributed by atoms with van der Waals surface area (Å²) in [6.45, 7) is 17.0. The number of nitrogens with one attached hydrogen (secondary N) is 3. The van der Waals surface area contributed by atoms with Crippen LogP contribution in [0.4, 0.5) is 0 Å². The second-order valence-electron chi connectivity index (χ2n) is 8.20. The lowest BCUT2D eigenvalue weighted by atomic mass is 9.81. The summed E-state index contributed by atoms with van der Waals surface area (Å²) in [5, 5.41) is 2.99. The van der Waals surface area contributed by atoms with Crippen molar-refractivity contribution < 1.29 is 14.3 Å². The van der Waals surface area contributed by atoms with E-state index in [-0.39, 0.29) is 11.9 Å². The summed E-state index contributed by atoms with van der Waals surface area (Å²) >= 11 is 0. The highest BCUT2D eigenvalue weighted by Crippen LogP contribution is 2.37. The van der Waals surface area contributed by atoms with Gasteiger partial charge in [0.25, 0.3) is 5.91 Å². The molecule has 0 spiro atoms. The number of ether oxygens (including phenoxy) is 1. The van der Waals surface area contributed by atoms with Gasteiger partial charge in [-0.1, -0.05) is 13.3 Å². The molecule has 160 valence electrons. The number of carbonyl (C=O) groups is 2. The molecule has 29 heavy (non-hydrogen) atoms. The van der Waals surface area contributed by atoms with Crippen LogP contribution in [0.15, 0.2) is 0 Å². The summed E-state index contributed by atoms with van der Waals surface area (Å²) < 4.78 is 5.19. The van der Waals surface area contributed by atoms with Gasteiger partial charge < -0.3 is 20.0 Å². The van der Waals surface area contributed by atoms with E-state index in [0.29, 0.717) is 24.5 Å². The standard InChI is InChI=1S/C23H35N3O3/c1-9-11-12-24-21(27)17-13(3)15(5)19(25-17)23(7,8)20-16(6)14(4)18(26-20)22(28)29-10-2/h25-26H,9-12H2,1-8H3,(H,24,27). The average Bonchev–Trinajstić information content (AvgIpc) is 3.13. The predicted octanol–water partition coefficient (Wildman–Crippen LogP) is 4.61. The van der Waals surface area contributed by atoms with Gasteiger partial charge in [-0.25, -0.2) is 4.79 Å². The molecule has 0 fully saturated rings. The first-order valence-corrected chi connectivity index (χ1v) is 10.4. The first-order chi connectivity index (χ1) is 13.6. The molecule has 0 aliphatic carbocycles. The number of unbranched alkanes of at least 4 members (excludes halogenated alkanes) is 1. The predicted molar refractivity (Wildman–Crippen MR) is 116 cm³/mol. The number of aromatic nitrogens is 2. The molecular formula is C23H35N3O3. The Kier molecular flexibility index (Phi) is 6.98. The number of esters is 1. The van der Waals surface area contributed by atoms with Crippen molar-refractivity contribution in [2.75, 3.05) is 13.2 Å². The quantitative estimate of drug-likeness (QED) is 0.446. The lowest BCUT2D eigenvalue weighted by Crippen LogP contribution is -2.26. The zero-order valence-corrected chi connectivity index (χ0v) is 19.1. The van der Waals surface area contributed by atoms with Gasteiger partial charge in [-0.15, -0.1) is 0 Å². The Balaban J connectivity index is 2.47. The van der Waals surface area contributed by atoms with Crippen molar-refractivity contribution in [3.8, 4) is 0 Å². The van der Waals surface area contributed by atoms with Crippen LogP contribution in [0, 0.1) is 27.7 Å². The maximum atomic E-state index is 12.6. The summed E-state index contributed by atoms with van der Waals surface area (Å²) in [5.74, 6) is -0.418. The molecule has 0 unspecified atom stereocenters. The minimum Gasteiger partial charge on any atom is -0.461 e. The zero-order chi connectivity index (χ0) is 21.9. The van der Waals surface area contributed by atoms with Gasteiger partial charge >= 0.3 is 5.97 Å². The lowest BCUT2D eigenvalue weighted by molar-refractivity contribution is 0.0519. The SMILES string of the molecule is CCCCNC(=O)c1[nH]c(C(C)(C)c2[nH]c(C(=O)OCC)c(C)c2C)c(C)c1C. The van der Waals surface area contributed by atoms with Crippen LogP contribution in [0.25, 0.3) is 0 Å². The third-order valence-electron chi connectivity index (χ3n) is 5.90. The fourth-order valence-corrected chi connectivity index (χ4v) is 3.85. The fourth-order valence-electron chi connectivity index (χ4n) is 3.85. The fraction of sp³-hybridized carbons (Fsp3) is 0.565. The molecule has 6 heteroatoms. The number of amides is 1. The Hall–Kier alpha value is -2.50. The van der Waals surface area contributed by atoms with Gasteiger partial charge in [0.05, 0.1) is 6.61 Å². The van der Waals surface area contributed by atoms with Crippen molar-refractivity contribution >= 4 is 11.9 Å². The Bertz CT molecular complexity index is 903. The van der Waals surface area contributed by atoms with Crippen LogP contribution < -0.4 is 5.32 Å². The number of rotatable bonds is 8. The first kappa shape index (κ1) is 22.8. The monoisotopic (exact) mass is 401 g/mol. The smallest absolute Gasteiger partial charge is 0.355 e. The van der Waals surface area contributed by atoms with Gasteiger partial charge in [-0.3, -0.25) is 4.79 Å². The van der Waals surface area contributed by atoms with Crippen LogP contribution in [-0.4, -0.2) is 35.0 Å². The topological polar surface area (TPSA) is 87.0 Å². The highest BCUT2D eigenvalue weighted by molar-refractivity contribution is 5.94. The van der Waals surface area contributed by atoms with Gasteiger partial charge in [0.2, 0.25) is 0 Å². The summed E-state index contributed by atoms with van der Waals surface area (Å²) in [6, 6.07) is 0. The molecule has 0 saturated carbocycles. The molecular weight excluding hydrogens is 366 g/mol. The molecule has 1 amide bonds. The minimum absolute atomic E-state index is 0.0762. The number of aromatic amines is 2. The van der Waals surface area contributed by atoms with Gasteiger partial charge in [-0.2, -0.15) is 0 Å². The third-order valence-corrected chi connectivity index (χ3v) is 5.90. The highest BCUT2D eigenvalue weighted by atomic mass is 16.5. The second-order valence-corrected chi connectivity index (χ2v) is 8.20. The van der Waals surface area contributed by atoms with Crippen molar-refractivity contribution in [1.29, 1.82) is 0 Å². The largest absolute Gasteiger partial charge is 0.461 e. The third kappa shape index (κ3) is 4.26. The van der Waals surface area contributed by atoms with E-state index in [1.165, 1.54) is 0 Å². The van der Waals surface area contributed by atoms with E-state index in [4.69, 9.17) is 4.74 Å². The molecule has 2 aromatic rings. The molecule has 0 radical (unpaired) electrons. The van der Waals surface area contributed by atoms with Crippen molar-refractivity contribution in [1.82, 2.24) is 15.3 Å². The second kappa shape index (κ2) is 8.89. The van der Waals surface area contributed by atoms with Crippen LogP contribution >= 0.6 is 0 Å². The Morgan fingerprint density at radius 1 is 0.897 bits per heavy atom. The average molecular weight is 402 g/mol. The Labute approximate surface area is 173 Å². The molecule has 2 aromatic heterocycles. The number of carbonyl (C=O) groups excluding carboxylic acids is 2. The summed E-state index contributed by atoms with van der Waals surface area (Å²) in [4.78, 5) is 31.6. The van der Waals surface area contributed by atoms with Crippen molar-refractivity contribution in [3.05, 3.63) is 45.0 Å². The minimum atomic E-state index is -0.448. The number of hydrogen-bond acceptors (Lipinski definition) is 3. The zero-order valence-electron chi connectivity index (χ0n) is 19.1.